The Morgan fingerprint density at radius 3 is 2.76 bits per heavy atom. The van der Waals surface area contributed by atoms with Crippen LogP contribution in [0.5, 0.6) is 0 Å². The molecule has 21 heavy (non-hydrogen) atoms. The quantitative estimate of drug-likeness (QED) is 0.912. The molecule has 0 saturated carbocycles. The van der Waals surface area contributed by atoms with Gasteiger partial charge in [0.05, 0.1) is 13.2 Å². The Morgan fingerprint density at radius 2 is 2.00 bits per heavy atom. The summed E-state index contributed by atoms with van der Waals surface area (Å²) in [5.74, 6) is 0. The second-order valence-corrected chi connectivity index (χ2v) is 6.35. The predicted octanol–water partition coefficient (Wildman–Crippen LogP) is 1.49. The third kappa shape index (κ3) is 3.57. The standard InChI is InChI=1S/C17H27N3O/c1-14(18)12-15-4-2-3-5-17(15)20-7-6-16(13-20)19-8-10-21-11-9-19/h2-5,14,16H,6-13,18H2,1H3. The molecule has 2 N–H and O–H groups in total. The lowest BCUT2D eigenvalue weighted by Gasteiger charge is -2.32. The van der Waals surface area contributed by atoms with E-state index in [1.165, 1.54) is 17.7 Å². The number of benzene rings is 1. The molecule has 2 unspecified atom stereocenters. The largest absolute Gasteiger partial charge is 0.379 e. The van der Waals surface area contributed by atoms with Crippen LogP contribution in [0.1, 0.15) is 18.9 Å². The summed E-state index contributed by atoms with van der Waals surface area (Å²) in [6.07, 6.45) is 2.21. The number of hydrogen-bond donors (Lipinski definition) is 1. The number of anilines is 1. The van der Waals surface area contributed by atoms with Gasteiger partial charge < -0.3 is 15.4 Å². The Bertz CT molecular complexity index is 457. The molecule has 2 saturated heterocycles. The summed E-state index contributed by atoms with van der Waals surface area (Å²) in [4.78, 5) is 5.13. The van der Waals surface area contributed by atoms with E-state index in [4.69, 9.17) is 10.5 Å². The first-order chi connectivity index (χ1) is 10.2. The second kappa shape index (κ2) is 6.77. The Balaban J connectivity index is 1.68. The fraction of sp³-hybridized carbons (Fsp3) is 0.647. The molecule has 0 spiro atoms. The van der Waals surface area contributed by atoms with Crippen molar-refractivity contribution in [2.45, 2.75) is 31.8 Å². The second-order valence-electron chi connectivity index (χ2n) is 6.35. The summed E-state index contributed by atoms with van der Waals surface area (Å²) in [7, 11) is 0. The highest BCUT2D eigenvalue weighted by atomic mass is 16.5. The van der Waals surface area contributed by atoms with Crippen LogP contribution in [0.2, 0.25) is 0 Å². The molecule has 0 aliphatic carbocycles. The molecule has 2 atom stereocenters. The highest BCUT2D eigenvalue weighted by Gasteiger charge is 2.29. The first-order valence-corrected chi connectivity index (χ1v) is 8.14. The highest BCUT2D eigenvalue weighted by molar-refractivity contribution is 5.55. The molecule has 0 radical (unpaired) electrons. The number of morpholine rings is 1. The Kier molecular flexibility index (Phi) is 4.78. The normalized spacial score (nSPS) is 25.2. The average Bonchev–Trinajstić information content (AvgIpc) is 2.98. The van der Waals surface area contributed by atoms with Gasteiger partial charge in [-0.1, -0.05) is 18.2 Å². The van der Waals surface area contributed by atoms with E-state index in [0.717, 1.165) is 45.8 Å². The fourth-order valence-corrected chi connectivity index (χ4v) is 3.54. The maximum Gasteiger partial charge on any atom is 0.0594 e. The highest BCUT2D eigenvalue weighted by Crippen LogP contribution is 2.27. The van der Waals surface area contributed by atoms with Gasteiger partial charge in [0, 0.05) is 44.0 Å². The van der Waals surface area contributed by atoms with Crippen LogP contribution >= 0.6 is 0 Å². The van der Waals surface area contributed by atoms with Crippen LogP contribution in [-0.4, -0.2) is 56.4 Å². The zero-order chi connectivity index (χ0) is 14.7. The van der Waals surface area contributed by atoms with E-state index in [9.17, 15) is 0 Å². The van der Waals surface area contributed by atoms with Gasteiger partial charge in [0.15, 0.2) is 0 Å². The molecule has 0 amide bonds. The average molecular weight is 289 g/mol. The molecule has 1 aromatic carbocycles. The zero-order valence-corrected chi connectivity index (χ0v) is 13.0. The van der Waals surface area contributed by atoms with Crippen molar-refractivity contribution in [1.29, 1.82) is 0 Å². The van der Waals surface area contributed by atoms with Gasteiger partial charge in [-0.05, 0) is 31.4 Å². The maximum atomic E-state index is 6.00. The van der Waals surface area contributed by atoms with Crippen molar-refractivity contribution in [3.63, 3.8) is 0 Å². The lowest BCUT2D eigenvalue weighted by molar-refractivity contribution is 0.0209. The smallest absolute Gasteiger partial charge is 0.0594 e. The van der Waals surface area contributed by atoms with Crippen LogP contribution in [0.3, 0.4) is 0 Å². The van der Waals surface area contributed by atoms with Gasteiger partial charge in [-0.2, -0.15) is 0 Å². The Morgan fingerprint density at radius 1 is 1.24 bits per heavy atom. The van der Waals surface area contributed by atoms with E-state index in [1.54, 1.807) is 0 Å². The fourth-order valence-electron chi connectivity index (χ4n) is 3.54. The number of rotatable bonds is 4. The van der Waals surface area contributed by atoms with E-state index < -0.39 is 0 Å². The van der Waals surface area contributed by atoms with E-state index in [1.807, 2.05) is 0 Å². The van der Waals surface area contributed by atoms with Gasteiger partial charge in [0.25, 0.3) is 0 Å². The van der Waals surface area contributed by atoms with Crippen LogP contribution in [0.4, 0.5) is 5.69 Å². The molecular weight excluding hydrogens is 262 g/mol. The summed E-state index contributed by atoms with van der Waals surface area (Å²) >= 11 is 0. The van der Waals surface area contributed by atoms with Crippen molar-refractivity contribution in [3.05, 3.63) is 29.8 Å². The summed E-state index contributed by atoms with van der Waals surface area (Å²) in [5, 5.41) is 0. The molecule has 0 aromatic heterocycles. The van der Waals surface area contributed by atoms with Crippen molar-refractivity contribution in [1.82, 2.24) is 4.90 Å². The molecule has 4 nitrogen and oxygen atoms in total. The van der Waals surface area contributed by atoms with Gasteiger partial charge in [-0.25, -0.2) is 0 Å². The molecule has 0 bridgehead atoms. The number of hydrogen-bond acceptors (Lipinski definition) is 4. The Labute approximate surface area is 127 Å². The van der Waals surface area contributed by atoms with E-state index in [-0.39, 0.29) is 6.04 Å². The number of nitrogens with two attached hydrogens (primary N) is 1. The van der Waals surface area contributed by atoms with Gasteiger partial charge in [0.1, 0.15) is 0 Å². The molecular formula is C17H27N3O. The minimum Gasteiger partial charge on any atom is -0.379 e. The zero-order valence-electron chi connectivity index (χ0n) is 13.0. The monoisotopic (exact) mass is 289 g/mol. The van der Waals surface area contributed by atoms with Gasteiger partial charge in [-0.15, -0.1) is 0 Å². The maximum absolute atomic E-state index is 6.00. The minimum atomic E-state index is 0.212. The number of para-hydroxylation sites is 1. The lowest BCUT2D eigenvalue weighted by Crippen LogP contribution is -2.44. The van der Waals surface area contributed by atoms with Gasteiger partial charge in [0.2, 0.25) is 0 Å². The topological polar surface area (TPSA) is 41.7 Å². The van der Waals surface area contributed by atoms with E-state index in [2.05, 4.69) is 41.0 Å². The van der Waals surface area contributed by atoms with Gasteiger partial charge >= 0.3 is 0 Å². The van der Waals surface area contributed by atoms with Crippen molar-refractivity contribution in [3.8, 4) is 0 Å². The van der Waals surface area contributed by atoms with Crippen LogP contribution in [0, 0.1) is 0 Å². The van der Waals surface area contributed by atoms with Crippen LogP contribution in [0.15, 0.2) is 24.3 Å². The van der Waals surface area contributed by atoms with E-state index in [0.29, 0.717) is 6.04 Å². The van der Waals surface area contributed by atoms with Crippen molar-refractivity contribution in [2.75, 3.05) is 44.3 Å². The van der Waals surface area contributed by atoms with E-state index >= 15 is 0 Å². The van der Waals surface area contributed by atoms with Crippen molar-refractivity contribution < 1.29 is 4.74 Å². The van der Waals surface area contributed by atoms with Crippen LogP contribution < -0.4 is 10.6 Å². The summed E-state index contributed by atoms with van der Waals surface area (Å²) in [6.45, 7) is 8.31. The lowest BCUT2D eigenvalue weighted by atomic mass is 10.0. The third-order valence-corrected chi connectivity index (χ3v) is 4.60. The summed E-state index contributed by atoms with van der Waals surface area (Å²) in [5.41, 5.74) is 8.76. The molecule has 3 rings (SSSR count). The molecule has 2 fully saturated rings. The molecule has 2 heterocycles. The first-order valence-electron chi connectivity index (χ1n) is 8.14. The number of nitrogens with zero attached hydrogens (tertiary/aromatic N) is 2. The summed E-state index contributed by atoms with van der Waals surface area (Å²) in [6, 6.07) is 9.62. The predicted molar refractivity (Wildman–Crippen MR) is 86.8 cm³/mol. The SMILES string of the molecule is CC(N)Cc1ccccc1N1CCC(N2CCOCC2)C1. The van der Waals surface area contributed by atoms with Crippen molar-refractivity contribution in [2.24, 2.45) is 5.73 Å². The molecule has 2 aliphatic heterocycles. The van der Waals surface area contributed by atoms with Gasteiger partial charge in [-0.3, -0.25) is 4.90 Å². The Hall–Kier alpha value is -1.10. The first kappa shape index (κ1) is 14.8. The molecule has 1 aromatic rings. The minimum absolute atomic E-state index is 0.212. The third-order valence-electron chi connectivity index (χ3n) is 4.60. The number of ether oxygens (including phenoxy) is 1. The molecule has 4 heteroatoms. The molecule has 2 aliphatic rings. The molecule has 116 valence electrons. The van der Waals surface area contributed by atoms with Crippen LogP contribution in [0.25, 0.3) is 0 Å². The van der Waals surface area contributed by atoms with Crippen LogP contribution in [-0.2, 0) is 11.2 Å². The van der Waals surface area contributed by atoms with Crippen molar-refractivity contribution >= 4 is 5.69 Å². The summed E-state index contributed by atoms with van der Waals surface area (Å²) < 4.78 is 5.46.